The highest BCUT2D eigenvalue weighted by atomic mass is 32.1. The van der Waals surface area contributed by atoms with Gasteiger partial charge in [-0.25, -0.2) is 4.98 Å². The molecule has 0 aromatic carbocycles. The number of morpholine rings is 1. The van der Waals surface area contributed by atoms with E-state index in [1.165, 1.54) is 19.3 Å². The molecule has 1 aliphatic heterocycles. The van der Waals surface area contributed by atoms with Gasteiger partial charge in [-0.3, -0.25) is 15.6 Å². The zero-order valence-corrected chi connectivity index (χ0v) is 16.8. The summed E-state index contributed by atoms with van der Waals surface area (Å²) in [5.74, 6) is 0.456. The summed E-state index contributed by atoms with van der Waals surface area (Å²) in [6, 6.07) is 0.385. The molecule has 9 heteroatoms. The summed E-state index contributed by atoms with van der Waals surface area (Å²) in [7, 11) is 0. The number of rotatable bonds is 4. The first-order chi connectivity index (χ1) is 12.6. The van der Waals surface area contributed by atoms with Gasteiger partial charge in [-0.15, -0.1) is 11.3 Å². The van der Waals surface area contributed by atoms with Crippen molar-refractivity contribution in [2.24, 2.45) is 5.92 Å². The van der Waals surface area contributed by atoms with Gasteiger partial charge in [0.2, 0.25) is 5.91 Å². The summed E-state index contributed by atoms with van der Waals surface area (Å²) >= 11 is 6.86. The van der Waals surface area contributed by atoms with Gasteiger partial charge in [-0.1, -0.05) is 19.8 Å². The summed E-state index contributed by atoms with van der Waals surface area (Å²) in [6.07, 6.45) is 5.10. The van der Waals surface area contributed by atoms with Crippen LogP contribution in [0.25, 0.3) is 0 Å². The Morgan fingerprint density at radius 2 is 2.12 bits per heavy atom. The van der Waals surface area contributed by atoms with Crippen molar-refractivity contribution >= 4 is 39.7 Å². The van der Waals surface area contributed by atoms with E-state index in [2.05, 4.69) is 33.0 Å². The molecular formula is C17H27N5O2S2. The Morgan fingerprint density at radius 3 is 2.88 bits per heavy atom. The highest BCUT2D eigenvalue weighted by molar-refractivity contribution is 7.80. The molecule has 144 valence electrons. The average molecular weight is 398 g/mol. The number of carbonyl (C=O) groups excluding carboxylic acids is 1. The van der Waals surface area contributed by atoms with Crippen LogP contribution in [-0.2, 0) is 16.0 Å². The van der Waals surface area contributed by atoms with E-state index in [4.69, 9.17) is 17.0 Å². The molecule has 26 heavy (non-hydrogen) atoms. The highest BCUT2D eigenvalue weighted by Crippen LogP contribution is 2.23. The zero-order valence-electron chi connectivity index (χ0n) is 15.1. The quantitative estimate of drug-likeness (QED) is 0.526. The fourth-order valence-electron chi connectivity index (χ4n) is 3.35. The first-order valence-corrected chi connectivity index (χ1v) is 10.5. The van der Waals surface area contributed by atoms with E-state index in [1.807, 2.05) is 5.38 Å². The van der Waals surface area contributed by atoms with Gasteiger partial charge in [-0.2, -0.15) is 0 Å². The molecule has 2 heterocycles. The Balaban J connectivity index is 1.39. The maximum atomic E-state index is 12.1. The van der Waals surface area contributed by atoms with Crippen molar-refractivity contribution < 1.29 is 9.53 Å². The lowest BCUT2D eigenvalue weighted by Crippen LogP contribution is -2.51. The molecule has 3 N–H and O–H groups in total. The largest absolute Gasteiger partial charge is 0.378 e. The molecule has 0 bridgehead atoms. The molecular weight excluding hydrogens is 370 g/mol. The number of amides is 1. The van der Waals surface area contributed by atoms with Crippen molar-refractivity contribution in [1.29, 1.82) is 0 Å². The molecule has 3 rings (SSSR count). The molecule has 0 radical (unpaired) electrons. The van der Waals surface area contributed by atoms with Gasteiger partial charge in [0, 0.05) is 24.5 Å². The van der Waals surface area contributed by atoms with Crippen molar-refractivity contribution in [2.45, 2.75) is 45.1 Å². The minimum atomic E-state index is -0.148. The second-order valence-corrected chi connectivity index (χ2v) is 8.16. The number of hydrogen-bond acceptors (Lipinski definition) is 6. The van der Waals surface area contributed by atoms with Crippen molar-refractivity contribution in [3.05, 3.63) is 11.1 Å². The Morgan fingerprint density at radius 1 is 1.35 bits per heavy atom. The monoisotopic (exact) mass is 397 g/mol. The van der Waals surface area contributed by atoms with E-state index >= 15 is 0 Å². The van der Waals surface area contributed by atoms with Gasteiger partial charge in [0.05, 0.1) is 25.3 Å². The number of thiazole rings is 1. The van der Waals surface area contributed by atoms with Crippen molar-refractivity contribution in [2.75, 3.05) is 31.2 Å². The van der Waals surface area contributed by atoms with Crippen LogP contribution in [0.3, 0.4) is 0 Å². The van der Waals surface area contributed by atoms with Crippen LogP contribution in [0.5, 0.6) is 0 Å². The summed E-state index contributed by atoms with van der Waals surface area (Å²) in [6.45, 7) is 5.39. The summed E-state index contributed by atoms with van der Waals surface area (Å²) in [4.78, 5) is 18.9. The predicted molar refractivity (Wildman–Crippen MR) is 107 cm³/mol. The number of ether oxygens (including phenoxy) is 1. The Kier molecular flexibility index (Phi) is 7.04. The SMILES string of the molecule is C[C@@H]1CCCC[C@H]1NC(=S)NNC(=O)Cc1csc(N2CCOCC2)n1. The lowest BCUT2D eigenvalue weighted by atomic mass is 9.86. The van der Waals surface area contributed by atoms with Crippen LogP contribution < -0.4 is 21.1 Å². The summed E-state index contributed by atoms with van der Waals surface area (Å²) in [5, 5.41) is 6.67. The van der Waals surface area contributed by atoms with Crippen LogP contribution in [0.4, 0.5) is 5.13 Å². The molecule has 1 aromatic heterocycles. The highest BCUT2D eigenvalue weighted by Gasteiger charge is 2.22. The van der Waals surface area contributed by atoms with Gasteiger partial charge in [0.25, 0.3) is 0 Å². The molecule has 1 amide bonds. The molecule has 2 fully saturated rings. The van der Waals surface area contributed by atoms with Crippen LogP contribution in [0, 0.1) is 5.92 Å². The number of carbonyl (C=O) groups is 1. The Labute approximate surface area is 163 Å². The van der Waals surface area contributed by atoms with E-state index < -0.39 is 0 Å². The number of hydrogen-bond donors (Lipinski definition) is 3. The topological polar surface area (TPSA) is 78.5 Å². The van der Waals surface area contributed by atoms with E-state index in [0.717, 1.165) is 43.5 Å². The smallest absolute Gasteiger partial charge is 0.244 e. The van der Waals surface area contributed by atoms with Crippen LogP contribution in [-0.4, -0.2) is 48.3 Å². The second kappa shape index (κ2) is 9.48. The van der Waals surface area contributed by atoms with Crippen LogP contribution in [0.15, 0.2) is 5.38 Å². The van der Waals surface area contributed by atoms with Gasteiger partial charge in [0.1, 0.15) is 0 Å². The van der Waals surface area contributed by atoms with E-state index in [9.17, 15) is 4.79 Å². The van der Waals surface area contributed by atoms with Crippen molar-refractivity contribution in [1.82, 2.24) is 21.2 Å². The minimum absolute atomic E-state index is 0.148. The predicted octanol–water partition coefficient (Wildman–Crippen LogP) is 1.60. The average Bonchev–Trinajstić information content (AvgIpc) is 3.11. The first kappa shape index (κ1) is 19.3. The molecule has 2 aliphatic rings. The number of aromatic nitrogens is 1. The molecule has 1 saturated carbocycles. The normalized spacial score (nSPS) is 23.3. The molecule has 7 nitrogen and oxygen atoms in total. The van der Waals surface area contributed by atoms with Gasteiger partial charge < -0.3 is 15.0 Å². The Hall–Kier alpha value is -1.45. The van der Waals surface area contributed by atoms with Crippen molar-refractivity contribution in [3.63, 3.8) is 0 Å². The minimum Gasteiger partial charge on any atom is -0.378 e. The third kappa shape index (κ3) is 5.52. The van der Waals surface area contributed by atoms with E-state index in [-0.39, 0.29) is 12.3 Å². The van der Waals surface area contributed by atoms with Gasteiger partial charge >= 0.3 is 0 Å². The maximum absolute atomic E-state index is 12.1. The lowest BCUT2D eigenvalue weighted by Gasteiger charge is -2.30. The van der Waals surface area contributed by atoms with Gasteiger partial charge in [0.15, 0.2) is 10.2 Å². The number of nitrogens with one attached hydrogen (secondary N) is 3. The van der Waals surface area contributed by atoms with E-state index in [0.29, 0.717) is 17.1 Å². The fourth-order valence-corrected chi connectivity index (χ4v) is 4.43. The van der Waals surface area contributed by atoms with Crippen molar-refractivity contribution in [3.8, 4) is 0 Å². The van der Waals surface area contributed by atoms with Crippen LogP contribution >= 0.6 is 23.6 Å². The first-order valence-electron chi connectivity index (χ1n) is 9.24. The molecule has 1 saturated heterocycles. The summed E-state index contributed by atoms with van der Waals surface area (Å²) < 4.78 is 5.35. The Bertz CT molecular complexity index is 618. The molecule has 1 aromatic rings. The van der Waals surface area contributed by atoms with E-state index in [1.54, 1.807) is 11.3 Å². The number of hydrazine groups is 1. The zero-order chi connectivity index (χ0) is 18.4. The molecule has 1 aliphatic carbocycles. The fraction of sp³-hybridized carbons (Fsp3) is 0.706. The second-order valence-electron chi connectivity index (χ2n) is 6.91. The molecule has 0 unspecified atom stereocenters. The van der Waals surface area contributed by atoms with Crippen LogP contribution in [0.2, 0.25) is 0 Å². The molecule has 0 spiro atoms. The number of anilines is 1. The van der Waals surface area contributed by atoms with Gasteiger partial charge in [-0.05, 0) is 31.0 Å². The molecule has 2 atom stereocenters. The standard InChI is InChI=1S/C17H27N5O2S2/c1-12-4-2-3-5-14(12)19-16(25)21-20-15(23)10-13-11-26-17(18-13)22-6-8-24-9-7-22/h11-12,14H,2-10H2,1H3,(H,20,23)(H2,19,21,25)/t12-,14-/m1/s1. The third-order valence-corrected chi connectivity index (χ3v) is 6.08. The summed E-state index contributed by atoms with van der Waals surface area (Å²) in [5.41, 5.74) is 6.25. The number of nitrogens with zero attached hydrogens (tertiary/aromatic N) is 2. The number of thiocarbonyl (C=S) groups is 1. The third-order valence-electron chi connectivity index (χ3n) is 4.91. The van der Waals surface area contributed by atoms with Crippen LogP contribution in [0.1, 0.15) is 38.3 Å². The lowest BCUT2D eigenvalue weighted by molar-refractivity contribution is -0.121. The maximum Gasteiger partial charge on any atom is 0.244 e.